The van der Waals surface area contributed by atoms with Crippen LogP contribution in [0.1, 0.15) is 63.6 Å². The highest BCUT2D eigenvalue weighted by Crippen LogP contribution is 2.33. The Bertz CT molecular complexity index is 1170. The molecule has 0 saturated heterocycles. The Hall–Kier alpha value is -3.54. The molecule has 0 bridgehead atoms. The molecule has 0 spiro atoms. The molecule has 0 atom stereocenters. The number of carbonyl (C=O) groups is 2. The van der Waals surface area contributed by atoms with Gasteiger partial charge < -0.3 is 19.2 Å². The lowest BCUT2D eigenvalue weighted by Crippen LogP contribution is -2.32. The topological polar surface area (TPSA) is 80.0 Å². The minimum atomic E-state index is -2.09. The van der Waals surface area contributed by atoms with E-state index in [2.05, 4.69) is 0 Å². The number of aliphatic carboxylic acids is 1. The number of carboxylic acids is 1. The van der Waals surface area contributed by atoms with Gasteiger partial charge in [0.1, 0.15) is 11.5 Å². The third-order valence-electron chi connectivity index (χ3n) is 6.08. The molecule has 1 amide bonds. The number of para-hydroxylation sites is 1. The highest BCUT2D eigenvalue weighted by atomic mass is 16.5. The minimum Gasteiger partial charge on any atom is -0.493 e. The normalized spacial score (nSPS) is 14.2. The van der Waals surface area contributed by atoms with Gasteiger partial charge in [-0.2, -0.15) is 0 Å². The zero-order valence-corrected chi connectivity index (χ0v) is 19.8. The quantitative estimate of drug-likeness (QED) is 0.271. The Kier molecular flexibility index (Phi) is 7.68. The molecule has 1 saturated carbocycles. The van der Waals surface area contributed by atoms with Crippen LogP contribution < -0.4 is 4.74 Å². The molecular formula is C29H33NO5. The first-order valence-electron chi connectivity index (χ1n) is 13.3. The van der Waals surface area contributed by atoms with Crippen molar-refractivity contribution >= 4 is 11.9 Å². The van der Waals surface area contributed by atoms with Gasteiger partial charge in [0.05, 0.1) is 15.6 Å². The van der Waals surface area contributed by atoms with E-state index in [1.54, 1.807) is 48.7 Å². The van der Waals surface area contributed by atoms with Gasteiger partial charge in [-0.1, -0.05) is 43.2 Å². The van der Waals surface area contributed by atoms with Gasteiger partial charge in [0.2, 0.25) is 0 Å². The average molecular weight is 478 g/mol. The molecule has 1 aliphatic rings. The van der Waals surface area contributed by atoms with Crippen molar-refractivity contribution in [3.8, 4) is 17.1 Å². The van der Waals surface area contributed by atoms with Crippen LogP contribution in [0.2, 0.25) is 0 Å². The molecule has 1 heterocycles. The van der Waals surface area contributed by atoms with Crippen molar-refractivity contribution in [2.75, 3.05) is 13.2 Å². The highest BCUT2D eigenvalue weighted by molar-refractivity contribution is 5.94. The smallest absolute Gasteiger partial charge is 0.303 e. The van der Waals surface area contributed by atoms with Crippen molar-refractivity contribution in [3.63, 3.8) is 0 Å². The first kappa shape index (κ1) is 22.0. The standard InChI is InChI=1S/C29H33NO5/c31-28(32)10-2-1-5-19-34-27-8-4-3-7-25(27)21-30(18-17-22-11-12-22)29(33)24-15-13-23(14-16-24)26-9-6-20-35-26/h3-4,6-9,13-16,20,22H,1-2,5,10-12,17-19,21H2,(H,31,32)/i21D2. The maximum atomic E-state index is 13.7. The van der Waals surface area contributed by atoms with Crippen molar-refractivity contribution in [1.29, 1.82) is 0 Å². The zero-order valence-electron chi connectivity index (χ0n) is 21.8. The predicted octanol–water partition coefficient (Wildman–Crippen LogP) is 6.41. The molecule has 35 heavy (non-hydrogen) atoms. The Balaban J connectivity index is 1.51. The fraction of sp³-hybridized carbons (Fsp3) is 0.379. The summed E-state index contributed by atoms with van der Waals surface area (Å²) >= 11 is 0. The maximum Gasteiger partial charge on any atom is 0.303 e. The number of hydrogen-bond acceptors (Lipinski definition) is 4. The summed E-state index contributed by atoms with van der Waals surface area (Å²) in [6, 6.07) is 17.6. The monoisotopic (exact) mass is 477 g/mol. The van der Waals surface area contributed by atoms with E-state index in [1.807, 2.05) is 18.2 Å². The second-order valence-electron chi connectivity index (χ2n) is 8.90. The second-order valence-corrected chi connectivity index (χ2v) is 8.90. The number of carbonyl (C=O) groups excluding carboxylic acids is 1. The van der Waals surface area contributed by atoms with Crippen LogP contribution in [0.3, 0.4) is 0 Å². The van der Waals surface area contributed by atoms with E-state index in [0.717, 1.165) is 24.8 Å². The molecule has 1 N–H and O–H groups in total. The fourth-order valence-corrected chi connectivity index (χ4v) is 3.87. The molecule has 2 aromatic carbocycles. The number of carboxylic acid groups (broad SMARTS) is 1. The van der Waals surface area contributed by atoms with Crippen molar-refractivity contribution in [2.24, 2.45) is 5.92 Å². The van der Waals surface area contributed by atoms with Crippen LogP contribution in [0.25, 0.3) is 11.3 Å². The third-order valence-corrected chi connectivity index (χ3v) is 6.08. The van der Waals surface area contributed by atoms with Crippen LogP contribution >= 0.6 is 0 Å². The predicted molar refractivity (Wildman–Crippen MR) is 134 cm³/mol. The Morgan fingerprint density at radius 2 is 1.83 bits per heavy atom. The largest absolute Gasteiger partial charge is 0.493 e. The third kappa shape index (κ3) is 7.47. The lowest BCUT2D eigenvalue weighted by Gasteiger charge is -2.24. The summed E-state index contributed by atoms with van der Waals surface area (Å²) in [5.41, 5.74) is 1.56. The molecule has 0 unspecified atom stereocenters. The maximum absolute atomic E-state index is 13.7. The van der Waals surface area contributed by atoms with Gasteiger partial charge in [0, 0.05) is 36.2 Å². The van der Waals surface area contributed by atoms with E-state index < -0.39 is 12.5 Å². The van der Waals surface area contributed by atoms with E-state index >= 15 is 0 Å². The van der Waals surface area contributed by atoms with Gasteiger partial charge in [0.15, 0.2) is 0 Å². The first-order valence-corrected chi connectivity index (χ1v) is 12.3. The van der Waals surface area contributed by atoms with Gasteiger partial charge in [-0.25, -0.2) is 0 Å². The van der Waals surface area contributed by atoms with Crippen LogP contribution in [-0.4, -0.2) is 35.0 Å². The Labute approximate surface area is 209 Å². The van der Waals surface area contributed by atoms with Crippen molar-refractivity contribution in [2.45, 2.75) is 51.4 Å². The van der Waals surface area contributed by atoms with Crippen LogP contribution in [0.15, 0.2) is 71.3 Å². The summed E-state index contributed by atoms with van der Waals surface area (Å²) in [6.45, 7) is -1.44. The zero-order chi connectivity index (χ0) is 26.3. The first-order chi connectivity index (χ1) is 17.9. The van der Waals surface area contributed by atoms with Gasteiger partial charge in [-0.15, -0.1) is 0 Å². The number of hydrogen-bond donors (Lipinski definition) is 1. The lowest BCUT2D eigenvalue weighted by molar-refractivity contribution is -0.137. The SMILES string of the molecule is [2H]C([2H])(c1ccccc1OCCCCCC(=O)O)N(CCC1CC1)C(=O)c1ccc(-c2ccco2)cc1. The number of amides is 1. The molecule has 1 aromatic heterocycles. The minimum absolute atomic E-state index is 0.125. The molecule has 6 nitrogen and oxygen atoms in total. The van der Waals surface area contributed by atoms with E-state index in [1.165, 1.54) is 4.90 Å². The Morgan fingerprint density at radius 3 is 2.54 bits per heavy atom. The molecule has 4 rings (SSSR count). The van der Waals surface area contributed by atoms with Gasteiger partial charge in [0.25, 0.3) is 5.91 Å². The van der Waals surface area contributed by atoms with Gasteiger partial charge in [-0.05, 0) is 61.9 Å². The molecule has 6 heteroatoms. The number of benzene rings is 2. The van der Waals surface area contributed by atoms with E-state index in [4.69, 9.17) is 17.0 Å². The van der Waals surface area contributed by atoms with Crippen molar-refractivity contribution in [3.05, 3.63) is 78.1 Å². The van der Waals surface area contributed by atoms with E-state index in [0.29, 0.717) is 61.0 Å². The van der Waals surface area contributed by atoms with Crippen LogP contribution in [-0.2, 0) is 11.3 Å². The second kappa shape index (κ2) is 12.2. The summed E-state index contributed by atoms with van der Waals surface area (Å²) < 4.78 is 29.5. The molecule has 0 radical (unpaired) electrons. The van der Waals surface area contributed by atoms with Crippen LogP contribution in [0.5, 0.6) is 5.75 Å². The summed E-state index contributed by atoms with van der Waals surface area (Å²) in [5, 5.41) is 8.78. The van der Waals surface area contributed by atoms with E-state index in [-0.39, 0.29) is 12.3 Å². The molecule has 184 valence electrons. The molecule has 1 aliphatic carbocycles. The molecular weight excluding hydrogens is 442 g/mol. The summed E-state index contributed by atoms with van der Waals surface area (Å²) in [5.74, 6) is 0.438. The summed E-state index contributed by atoms with van der Waals surface area (Å²) in [6.07, 6.45) is 6.65. The number of nitrogens with zero attached hydrogens (tertiary/aromatic N) is 1. The number of unbranched alkanes of at least 4 members (excludes halogenated alkanes) is 2. The van der Waals surface area contributed by atoms with Gasteiger partial charge in [-0.3, -0.25) is 9.59 Å². The summed E-state index contributed by atoms with van der Waals surface area (Å²) in [7, 11) is 0. The van der Waals surface area contributed by atoms with Crippen molar-refractivity contribution < 1.29 is 26.6 Å². The number of furan rings is 1. The average Bonchev–Trinajstić information content (AvgIpc) is 3.55. The number of rotatable bonds is 14. The lowest BCUT2D eigenvalue weighted by atomic mass is 10.1. The van der Waals surface area contributed by atoms with Gasteiger partial charge >= 0.3 is 5.97 Å². The highest BCUT2D eigenvalue weighted by Gasteiger charge is 2.25. The molecule has 1 fully saturated rings. The molecule has 3 aromatic rings. The van der Waals surface area contributed by atoms with Crippen molar-refractivity contribution in [1.82, 2.24) is 4.90 Å². The summed E-state index contributed by atoms with van der Waals surface area (Å²) in [4.78, 5) is 25.7. The Morgan fingerprint density at radius 1 is 1.03 bits per heavy atom. The van der Waals surface area contributed by atoms with Crippen LogP contribution in [0.4, 0.5) is 0 Å². The van der Waals surface area contributed by atoms with E-state index in [9.17, 15) is 9.59 Å². The number of ether oxygens (including phenoxy) is 1. The fourth-order valence-electron chi connectivity index (χ4n) is 3.87. The van der Waals surface area contributed by atoms with Crippen LogP contribution in [0, 0.1) is 5.92 Å². The molecule has 0 aliphatic heterocycles.